The van der Waals surface area contributed by atoms with Crippen LogP contribution in [0.3, 0.4) is 0 Å². The normalized spacial score (nSPS) is 11.8. The average molecular weight is 257 g/mol. The van der Waals surface area contributed by atoms with Gasteiger partial charge in [-0.15, -0.1) is 0 Å². The van der Waals surface area contributed by atoms with Crippen molar-refractivity contribution in [3.05, 3.63) is 65.7 Å². The molecule has 2 aromatic rings. The van der Waals surface area contributed by atoms with E-state index in [1.165, 1.54) is 0 Å². The van der Waals surface area contributed by atoms with Crippen LogP contribution in [0.2, 0.25) is 0 Å². The highest BCUT2D eigenvalue weighted by molar-refractivity contribution is 5.57. The highest BCUT2D eigenvalue weighted by atomic mass is 16.7. The maximum atomic E-state index is 10.6. The largest absolute Gasteiger partial charge is 0.505 e. The van der Waals surface area contributed by atoms with Crippen molar-refractivity contribution in [3.63, 3.8) is 0 Å². The van der Waals surface area contributed by atoms with Gasteiger partial charge >= 0.3 is 6.16 Å². The molecule has 0 aliphatic rings. The van der Waals surface area contributed by atoms with Gasteiger partial charge in [-0.3, -0.25) is 0 Å². The van der Waals surface area contributed by atoms with Crippen LogP contribution in [-0.4, -0.2) is 17.9 Å². The van der Waals surface area contributed by atoms with E-state index < -0.39 is 6.16 Å². The smallest absolute Gasteiger partial charge is 0.450 e. The quantitative estimate of drug-likeness (QED) is 0.652. The zero-order chi connectivity index (χ0) is 13.7. The molecule has 4 heteroatoms. The van der Waals surface area contributed by atoms with E-state index in [1.807, 2.05) is 48.5 Å². The summed E-state index contributed by atoms with van der Waals surface area (Å²) in [5, 5.41) is 8.66. The van der Waals surface area contributed by atoms with E-state index in [1.54, 1.807) is 6.07 Å². The highest BCUT2D eigenvalue weighted by Gasteiger charge is 2.16. The van der Waals surface area contributed by atoms with E-state index in [4.69, 9.17) is 15.6 Å². The molecule has 0 saturated heterocycles. The molecule has 0 radical (unpaired) electrons. The summed E-state index contributed by atoms with van der Waals surface area (Å²) in [6.07, 6.45) is -1.27. The van der Waals surface area contributed by atoms with Gasteiger partial charge in [-0.05, 0) is 23.3 Å². The van der Waals surface area contributed by atoms with Gasteiger partial charge in [0.25, 0.3) is 0 Å². The Morgan fingerprint density at radius 1 is 1.11 bits per heavy atom. The minimum absolute atomic E-state index is 0.0722. The zero-order valence-corrected chi connectivity index (χ0v) is 10.3. The molecule has 19 heavy (non-hydrogen) atoms. The summed E-state index contributed by atoms with van der Waals surface area (Å²) < 4.78 is 4.73. The standard InChI is InChI=1S/C15H15NO3/c16-13-8-4-7-12(9-13)14(10-19-15(17)18)11-5-2-1-3-6-11/h1-9,14H,10,16H2,(H,17,18). The van der Waals surface area contributed by atoms with Crippen LogP contribution in [0.1, 0.15) is 17.0 Å². The number of hydrogen-bond donors (Lipinski definition) is 2. The lowest BCUT2D eigenvalue weighted by Gasteiger charge is -2.17. The lowest BCUT2D eigenvalue weighted by Crippen LogP contribution is -2.12. The first-order valence-corrected chi connectivity index (χ1v) is 5.93. The number of carbonyl (C=O) groups is 1. The van der Waals surface area contributed by atoms with Gasteiger partial charge in [0.2, 0.25) is 0 Å². The Hall–Kier alpha value is -2.49. The first kappa shape index (κ1) is 13.0. The molecule has 98 valence electrons. The molecule has 0 aromatic heterocycles. The lowest BCUT2D eigenvalue weighted by atomic mass is 9.92. The summed E-state index contributed by atoms with van der Waals surface area (Å²) in [6.45, 7) is 0.0722. The van der Waals surface area contributed by atoms with Gasteiger partial charge in [0.15, 0.2) is 0 Å². The second kappa shape index (κ2) is 5.91. The first-order valence-electron chi connectivity index (χ1n) is 5.93. The Morgan fingerprint density at radius 3 is 2.42 bits per heavy atom. The van der Waals surface area contributed by atoms with E-state index >= 15 is 0 Å². The van der Waals surface area contributed by atoms with Crippen molar-refractivity contribution in [2.24, 2.45) is 0 Å². The topological polar surface area (TPSA) is 72.5 Å². The van der Waals surface area contributed by atoms with Crippen molar-refractivity contribution in [3.8, 4) is 0 Å². The van der Waals surface area contributed by atoms with E-state index in [2.05, 4.69) is 0 Å². The van der Waals surface area contributed by atoms with E-state index in [0.717, 1.165) is 11.1 Å². The molecule has 1 atom stereocenters. The SMILES string of the molecule is Nc1cccc(C(COC(=O)O)c2ccccc2)c1. The summed E-state index contributed by atoms with van der Waals surface area (Å²) in [4.78, 5) is 10.6. The fourth-order valence-electron chi connectivity index (χ4n) is 2.00. The van der Waals surface area contributed by atoms with Crippen molar-refractivity contribution in [2.75, 3.05) is 12.3 Å². The molecule has 0 aliphatic carbocycles. The van der Waals surface area contributed by atoms with Crippen molar-refractivity contribution in [2.45, 2.75) is 5.92 Å². The summed E-state index contributed by atoms with van der Waals surface area (Å²) in [7, 11) is 0. The summed E-state index contributed by atoms with van der Waals surface area (Å²) in [6, 6.07) is 17.0. The van der Waals surface area contributed by atoms with Gasteiger partial charge in [0.1, 0.15) is 6.61 Å². The molecule has 3 N–H and O–H groups in total. The fraction of sp³-hybridized carbons (Fsp3) is 0.133. The third-order valence-corrected chi connectivity index (χ3v) is 2.89. The molecule has 4 nitrogen and oxygen atoms in total. The molecule has 1 unspecified atom stereocenters. The van der Waals surface area contributed by atoms with Gasteiger partial charge in [-0.2, -0.15) is 0 Å². The van der Waals surface area contributed by atoms with Crippen LogP contribution in [0, 0.1) is 0 Å². The van der Waals surface area contributed by atoms with Crippen LogP contribution in [0.5, 0.6) is 0 Å². The van der Waals surface area contributed by atoms with Crippen molar-refractivity contribution < 1.29 is 14.6 Å². The number of nitrogen functional groups attached to an aromatic ring is 1. The molecular weight excluding hydrogens is 242 g/mol. The van der Waals surface area contributed by atoms with Crippen LogP contribution in [0.4, 0.5) is 10.5 Å². The molecule has 0 bridgehead atoms. The van der Waals surface area contributed by atoms with Gasteiger partial charge in [-0.1, -0.05) is 42.5 Å². The number of rotatable bonds is 4. The molecule has 0 aliphatic heterocycles. The highest BCUT2D eigenvalue weighted by Crippen LogP contribution is 2.26. The van der Waals surface area contributed by atoms with Gasteiger partial charge in [-0.25, -0.2) is 4.79 Å². The Bertz CT molecular complexity index is 554. The van der Waals surface area contributed by atoms with Gasteiger partial charge in [0.05, 0.1) is 0 Å². The molecule has 0 spiro atoms. The number of nitrogens with two attached hydrogens (primary N) is 1. The second-order valence-electron chi connectivity index (χ2n) is 4.21. The Morgan fingerprint density at radius 2 is 1.79 bits per heavy atom. The van der Waals surface area contributed by atoms with Crippen LogP contribution in [0.25, 0.3) is 0 Å². The Balaban J connectivity index is 2.31. The van der Waals surface area contributed by atoms with E-state index in [9.17, 15) is 4.79 Å². The summed E-state index contributed by atoms with van der Waals surface area (Å²) >= 11 is 0. The molecule has 0 fully saturated rings. The maximum Gasteiger partial charge on any atom is 0.505 e. The van der Waals surface area contributed by atoms with Gasteiger partial charge in [0, 0.05) is 11.6 Å². The van der Waals surface area contributed by atoms with Crippen LogP contribution >= 0.6 is 0 Å². The van der Waals surface area contributed by atoms with Crippen molar-refractivity contribution >= 4 is 11.8 Å². The summed E-state index contributed by atoms with van der Waals surface area (Å²) in [5.41, 5.74) is 8.35. The van der Waals surface area contributed by atoms with E-state index in [-0.39, 0.29) is 12.5 Å². The number of benzene rings is 2. The lowest BCUT2D eigenvalue weighted by molar-refractivity contribution is 0.0889. The molecule has 0 saturated carbocycles. The van der Waals surface area contributed by atoms with Crippen LogP contribution in [0.15, 0.2) is 54.6 Å². The third-order valence-electron chi connectivity index (χ3n) is 2.89. The third kappa shape index (κ3) is 3.48. The monoisotopic (exact) mass is 257 g/mol. The minimum Gasteiger partial charge on any atom is -0.450 e. The van der Waals surface area contributed by atoms with E-state index in [0.29, 0.717) is 5.69 Å². The fourth-order valence-corrected chi connectivity index (χ4v) is 2.00. The molecule has 2 aromatic carbocycles. The zero-order valence-electron chi connectivity index (χ0n) is 10.3. The number of carboxylic acid groups (broad SMARTS) is 1. The second-order valence-corrected chi connectivity index (χ2v) is 4.21. The average Bonchev–Trinajstić information content (AvgIpc) is 2.40. The predicted octanol–water partition coefficient (Wildman–Crippen LogP) is 3.10. The van der Waals surface area contributed by atoms with Crippen LogP contribution < -0.4 is 5.73 Å². The Labute approximate surface area is 111 Å². The minimum atomic E-state index is -1.27. The molecular formula is C15H15NO3. The number of ether oxygens (including phenoxy) is 1. The van der Waals surface area contributed by atoms with Crippen molar-refractivity contribution in [1.29, 1.82) is 0 Å². The first-order chi connectivity index (χ1) is 9.16. The molecule has 2 rings (SSSR count). The number of anilines is 1. The van der Waals surface area contributed by atoms with Crippen LogP contribution in [-0.2, 0) is 4.74 Å². The van der Waals surface area contributed by atoms with Gasteiger partial charge < -0.3 is 15.6 Å². The maximum absolute atomic E-state index is 10.6. The molecule has 0 heterocycles. The predicted molar refractivity (Wildman–Crippen MR) is 73.1 cm³/mol. The Kier molecular flexibility index (Phi) is 4.03. The summed E-state index contributed by atoms with van der Waals surface area (Å²) in [5.74, 6) is -0.152. The number of hydrogen-bond acceptors (Lipinski definition) is 3. The van der Waals surface area contributed by atoms with Crippen molar-refractivity contribution in [1.82, 2.24) is 0 Å². The molecule has 0 amide bonds.